The summed E-state index contributed by atoms with van der Waals surface area (Å²) in [6.45, 7) is 2.88. The van der Waals surface area contributed by atoms with E-state index in [1.54, 1.807) is 24.2 Å². The second kappa shape index (κ2) is 9.23. The number of ether oxygens (including phenoxy) is 1. The molecule has 1 aromatic carbocycles. The van der Waals surface area contributed by atoms with Crippen molar-refractivity contribution < 1.29 is 22.7 Å². The Morgan fingerprint density at radius 2 is 2.06 bits per heavy atom. The molecule has 0 aliphatic carbocycles. The number of carbonyl (C=O) groups excluding carboxylic acids is 1. The zero-order valence-corrected chi connectivity index (χ0v) is 20.3. The molecule has 9 nitrogen and oxygen atoms in total. The van der Waals surface area contributed by atoms with Crippen LogP contribution in [-0.2, 0) is 24.3 Å². The average molecular weight is 504 g/mol. The lowest BCUT2D eigenvalue weighted by atomic mass is 9.99. The number of amides is 1. The molecule has 5 rings (SSSR count). The zero-order valence-electron chi connectivity index (χ0n) is 20.3. The van der Waals surface area contributed by atoms with E-state index in [1.807, 2.05) is 12.1 Å². The third-order valence-corrected chi connectivity index (χ3v) is 7.01. The number of fused-ring (bicyclic) bond motifs is 2. The number of carbonyl (C=O) groups is 1. The molecule has 192 valence electrons. The lowest BCUT2D eigenvalue weighted by Gasteiger charge is -2.26. The topological polar surface area (TPSA) is 88.4 Å². The number of anilines is 2. The fraction of sp³-hybridized carbons (Fsp3) is 0.500. The normalized spacial score (nSPS) is 20.6. The molecule has 12 heteroatoms. The van der Waals surface area contributed by atoms with Crippen LogP contribution in [0.3, 0.4) is 0 Å². The highest BCUT2D eigenvalue weighted by Gasteiger charge is 2.48. The predicted molar refractivity (Wildman–Crippen MR) is 127 cm³/mol. The number of hydrogen-bond acceptors (Lipinski definition) is 7. The molecule has 2 aromatic heterocycles. The summed E-state index contributed by atoms with van der Waals surface area (Å²) >= 11 is 0. The maximum atomic E-state index is 13.3. The van der Waals surface area contributed by atoms with Crippen molar-refractivity contribution in [3.05, 3.63) is 35.7 Å². The summed E-state index contributed by atoms with van der Waals surface area (Å²) in [6, 6.07) is 3.44. The van der Waals surface area contributed by atoms with E-state index >= 15 is 0 Å². The zero-order chi connectivity index (χ0) is 25.6. The van der Waals surface area contributed by atoms with Gasteiger partial charge in [0.1, 0.15) is 5.75 Å². The van der Waals surface area contributed by atoms with Crippen molar-refractivity contribution in [2.24, 2.45) is 5.92 Å². The average Bonchev–Trinajstić information content (AvgIpc) is 3.43. The minimum absolute atomic E-state index is 0.112. The Kier molecular flexibility index (Phi) is 6.23. The van der Waals surface area contributed by atoms with Gasteiger partial charge in [-0.1, -0.05) is 0 Å². The number of nitrogens with zero attached hydrogens (tertiary/aromatic N) is 6. The number of rotatable bonds is 5. The Morgan fingerprint density at radius 3 is 2.78 bits per heavy atom. The summed E-state index contributed by atoms with van der Waals surface area (Å²) in [6.07, 6.45) is -0.388. The van der Waals surface area contributed by atoms with Crippen LogP contribution in [0, 0.1) is 5.92 Å². The van der Waals surface area contributed by atoms with E-state index in [1.165, 1.54) is 23.0 Å². The van der Waals surface area contributed by atoms with Crippen molar-refractivity contribution in [3.8, 4) is 5.75 Å². The minimum Gasteiger partial charge on any atom is -0.495 e. The van der Waals surface area contributed by atoms with Crippen LogP contribution in [0.4, 0.5) is 24.8 Å². The Hall–Kier alpha value is -3.41. The second-order valence-electron chi connectivity index (χ2n) is 9.53. The summed E-state index contributed by atoms with van der Waals surface area (Å²) in [5, 5.41) is 8.20. The fourth-order valence-electron chi connectivity index (χ4n) is 5.09. The van der Waals surface area contributed by atoms with Crippen LogP contribution in [-0.4, -0.2) is 74.9 Å². The van der Waals surface area contributed by atoms with Crippen LogP contribution in [0.2, 0.25) is 0 Å². The number of benzene rings is 1. The van der Waals surface area contributed by atoms with Gasteiger partial charge >= 0.3 is 6.18 Å². The van der Waals surface area contributed by atoms with Gasteiger partial charge in [0.05, 0.1) is 42.9 Å². The molecule has 1 amide bonds. The molecule has 36 heavy (non-hydrogen) atoms. The monoisotopic (exact) mass is 503 g/mol. The molecule has 0 saturated carbocycles. The molecule has 0 bridgehead atoms. The second-order valence-corrected chi connectivity index (χ2v) is 9.53. The number of alkyl halides is 3. The van der Waals surface area contributed by atoms with Crippen LogP contribution in [0.15, 0.2) is 24.5 Å². The quantitative estimate of drug-likeness (QED) is 0.571. The molecule has 2 aliphatic rings. The van der Waals surface area contributed by atoms with Crippen LogP contribution in [0.5, 0.6) is 5.75 Å². The van der Waals surface area contributed by atoms with E-state index in [0.29, 0.717) is 22.7 Å². The van der Waals surface area contributed by atoms with E-state index in [2.05, 4.69) is 32.3 Å². The Bertz CT molecular complexity index is 1290. The molecule has 3 aromatic rings. The van der Waals surface area contributed by atoms with Gasteiger partial charge in [0, 0.05) is 32.8 Å². The molecule has 2 aliphatic heterocycles. The number of likely N-dealkylation sites (tertiary alicyclic amines) is 1. The molecule has 1 N–H and O–H groups in total. The highest BCUT2D eigenvalue weighted by Crippen LogP contribution is 2.37. The van der Waals surface area contributed by atoms with Crippen molar-refractivity contribution in [1.82, 2.24) is 29.5 Å². The molecular formula is C24H28F3N7O2. The Balaban J connectivity index is 1.41. The number of nitrogens with one attached hydrogen (secondary N) is 1. The van der Waals surface area contributed by atoms with Gasteiger partial charge in [-0.3, -0.25) is 4.79 Å². The van der Waals surface area contributed by atoms with Gasteiger partial charge in [0.2, 0.25) is 11.9 Å². The van der Waals surface area contributed by atoms with Crippen LogP contribution < -0.4 is 10.1 Å². The van der Waals surface area contributed by atoms with Gasteiger partial charge < -0.3 is 19.9 Å². The number of hydrogen-bond donors (Lipinski definition) is 1. The maximum absolute atomic E-state index is 13.3. The molecular weight excluding hydrogens is 475 g/mol. The first-order valence-corrected chi connectivity index (χ1v) is 11.8. The Morgan fingerprint density at radius 1 is 1.25 bits per heavy atom. The fourth-order valence-corrected chi connectivity index (χ4v) is 5.09. The molecule has 0 spiro atoms. The minimum atomic E-state index is -4.35. The number of aromatic nitrogens is 4. The van der Waals surface area contributed by atoms with Crippen molar-refractivity contribution in [3.63, 3.8) is 0 Å². The number of halogens is 3. The lowest BCUT2D eigenvalue weighted by molar-refractivity contribution is -0.171. The SMILES string of the molecule is COc1cc2c(cc1Nc1ncc3cnn(C[C@@H]4C[C@H](C(F)(F)F)CN4C(C)=O)c3n1)CN(C)CC2. The van der Waals surface area contributed by atoms with E-state index in [4.69, 9.17) is 4.74 Å². The third kappa shape index (κ3) is 4.69. The summed E-state index contributed by atoms with van der Waals surface area (Å²) in [7, 11) is 3.69. The standard InChI is InChI=1S/C24H28F3N7O2/c1-14(35)33-12-18(24(25,26)27)8-19(33)13-34-22-17(10-29-34)9-28-23(31-22)30-20-6-16-11-32(2)5-4-15(16)7-21(20)36-3/h6-7,9-10,18-19H,4-5,8,11-13H2,1-3H3,(H,28,30,31)/t18-,19-/m0/s1. The molecule has 0 radical (unpaired) electrons. The number of methoxy groups -OCH3 is 1. The first-order valence-electron chi connectivity index (χ1n) is 11.8. The Labute approximate surface area is 206 Å². The van der Waals surface area contributed by atoms with Crippen molar-refractivity contribution >= 4 is 28.6 Å². The van der Waals surface area contributed by atoms with E-state index in [-0.39, 0.29) is 25.4 Å². The van der Waals surface area contributed by atoms with E-state index in [0.717, 1.165) is 25.2 Å². The first kappa shape index (κ1) is 24.3. The number of likely N-dealkylation sites (N-methyl/N-ethyl adjacent to an activating group) is 1. The third-order valence-electron chi connectivity index (χ3n) is 7.01. The summed E-state index contributed by atoms with van der Waals surface area (Å²) in [4.78, 5) is 24.5. The largest absolute Gasteiger partial charge is 0.495 e. The maximum Gasteiger partial charge on any atom is 0.393 e. The van der Waals surface area contributed by atoms with Crippen LogP contribution in [0.1, 0.15) is 24.5 Å². The van der Waals surface area contributed by atoms with E-state index in [9.17, 15) is 18.0 Å². The van der Waals surface area contributed by atoms with Gasteiger partial charge in [0.15, 0.2) is 5.65 Å². The van der Waals surface area contributed by atoms with Crippen LogP contribution >= 0.6 is 0 Å². The van der Waals surface area contributed by atoms with Gasteiger partial charge in [-0.05, 0) is 43.1 Å². The highest BCUT2D eigenvalue weighted by molar-refractivity contribution is 5.76. The van der Waals surface area contributed by atoms with Crippen LogP contribution in [0.25, 0.3) is 11.0 Å². The summed E-state index contributed by atoms with van der Waals surface area (Å²) in [5.41, 5.74) is 3.64. The van der Waals surface area contributed by atoms with Gasteiger partial charge in [-0.2, -0.15) is 23.3 Å². The van der Waals surface area contributed by atoms with Gasteiger partial charge in [-0.15, -0.1) is 0 Å². The molecule has 2 atom stereocenters. The molecule has 0 unspecified atom stereocenters. The molecule has 4 heterocycles. The van der Waals surface area contributed by atoms with E-state index < -0.39 is 18.1 Å². The van der Waals surface area contributed by atoms with Gasteiger partial charge in [0.25, 0.3) is 0 Å². The summed E-state index contributed by atoms with van der Waals surface area (Å²) < 4.78 is 47.2. The first-order chi connectivity index (χ1) is 17.1. The summed E-state index contributed by atoms with van der Waals surface area (Å²) in [5.74, 6) is -0.938. The van der Waals surface area contributed by atoms with Crippen molar-refractivity contribution in [2.45, 2.75) is 45.1 Å². The molecule has 1 saturated heterocycles. The predicted octanol–water partition coefficient (Wildman–Crippen LogP) is 3.37. The highest BCUT2D eigenvalue weighted by atomic mass is 19.4. The molecule has 1 fully saturated rings. The lowest BCUT2D eigenvalue weighted by Crippen LogP contribution is -2.37. The van der Waals surface area contributed by atoms with Crippen molar-refractivity contribution in [1.29, 1.82) is 0 Å². The smallest absolute Gasteiger partial charge is 0.393 e. The van der Waals surface area contributed by atoms with Gasteiger partial charge in [-0.25, -0.2) is 9.67 Å². The van der Waals surface area contributed by atoms with Crippen molar-refractivity contribution in [2.75, 3.05) is 32.6 Å².